The molecule has 88 valence electrons. The molecular formula is C11H18N4S. The van der Waals surface area contributed by atoms with Crippen LogP contribution in [0, 0.1) is 12.8 Å². The van der Waals surface area contributed by atoms with Crippen molar-refractivity contribution in [2.24, 2.45) is 16.6 Å². The van der Waals surface area contributed by atoms with Crippen molar-refractivity contribution in [3.8, 4) is 0 Å². The Bertz CT molecular complexity index is 368. The van der Waals surface area contributed by atoms with Crippen molar-refractivity contribution >= 4 is 17.3 Å². The molecule has 0 unspecified atom stereocenters. The topological polar surface area (TPSA) is 63.3 Å². The fraction of sp³-hybridized carbons (Fsp3) is 0.636. The summed E-state index contributed by atoms with van der Waals surface area (Å²) in [6.07, 6.45) is 5.88. The third kappa shape index (κ3) is 3.20. The summed E-state index contributed by atoms with van der Waals surface area (Å²) in [5, 5.41) is 4.19. The van der Waals surface area contributed by atoms with Crippen LogP contribution in [0.15, 0.2) is 11.2 Å². The number of hydrogen-bond acceptors (Lipinski definition) is 3. The average Bonchev–Trinajstić information content (AvgIpc) is 2.59. The van der Waals surface area contributed by atoms with Gasteiger partial charge in [-0.3, -0.25) is 0 Å². The van der Waals surface area contributed by atoms with Crippen molar-refractivity contribution in [1.82, 2.24) is 10.3 Å². The molecule has 1 aliphatic rings. The molecule has 16 heavy (non-hydrogen) atoms. The first-order valence-electron chi connectivity index (χ1n) is 5.69. The van der Waals surface area contributed by atoms with E-state index in [1.165, 1.54) is 24.1 Å². The zero-order valence-corrected chi connectivity index (χ0v) is 10.4. The monoisotopic (exact) mass is 238 g/mol. The van der Waals surface area contributed by atoms with Crippen LogP contribution >= 0.6 is 11.3 Å². The van der Waals surface area contributed by atoms with Crippen LogP contribution in [0.4, 0.5) is 0 Å². The molecule has 0 saturated heterocycles. The Morgan fingerprint density at radius 1 is 1.69 bits per heavy atom. The minimum atomic E-state index is 0.541. The predicted octanol–water partition coefficient (Wildman–Crippen LogP) is 1.66. The van der Waals surface area contributed by atoms with Gasteiger partial charge in [0.2, 0.25) is 0 Å². The molecular weight excluding hydrogens is 220 g/mol. The van der Waals surface area contributed by atoms with Crippen molar-refractivity contribution in [2.75, 3.05) is 6.54 Å². The summed E-state index contributed by atoms with van der Waals surface area (Å²) in [5.74, 6) is 1.34. The van der Waals surface area contributed by atoms with Crippen molar-refractivity contribution in [3.63, 3.8) is 0 Å². The minimum Gasteiger partial charge on any atom is -0.370 e. The van der Waals surface area contributed by atoms with E-state index in [1.807, 2.05) is 13.1 Å². The zero-order chi connectivity index (χ0) is 11.4. The van der Waals surface area contributed by atoms with Crippen LogP contribution in [0.1, 0.15) is 29.1 Å². The van der Waals surface area contributed by atoms with Gasteiger partial charge in [0.15, 0.2) is 5.96 Å². The lowest BCUT2D eigenvalue weighted by molar-refractivity contribution is 0.315. The quantitative estimate of drug-likeness (QED) is 0.619. The number of hydrogen-bond donors (Lipinski definition) is 2. The molecule has 2 rings (SSSR count). The molecule has 0 amide bonds. The average molecular weight is 238 g/mol. The van der Waals surface area contributed by atoms with E-state index >= 15 is 0 Å². The number of aromatic nitrogens is 1. The zero-order valence-electron chi connectivity index (χ0n) is 9.57. The molecule has 1 aliphatic carbocycles. The summed E-state index contributed by atoms with van der Waals surface area (Å²) in [6, 6.07) is 0. The summed E-state index contributed by atoms with van der Waals surface area (Å²) < 4.78 is 0. The molecule has 0 atom stereocenters. The molecule has 0 aromatic carbocycles. The van der Waals surface area contributed by atoms with Crippen LogP contribution in [-0.4, -0.2) is 17.5 Å². The van der Waals surface area contributed by atoms with Crippen LogP contribution in [0.5, 0.6) is 0 Å². The molecule has 3 N–H and O–H groups in total. The molecule has 1 aromatic rings. The molecule has 4 nitrogen and oxygen atoms in total. The largest absolute Gasteiger partial charge is 0.370 e. The fourth-order valence-corrected chi connectivity index (χ4v) is 2.34. The Morgan fingerprint density at radius 2 is 2.50 bits per heavy atom. The maximum Gasteiger partial charge on any atom is 0.189 e. The van der Waals surface area contributed by atoms with Crippen LogP contribution in [0.3, 0.4) is 0 Å². The number of nitrogens with zero attached hydrogens (tertiary/aromatic N) is 2. The summed E-state index contributed by atoms with van der Waals surface area (Å²) in [6.45, 7) is 3.59. The highest BCUT2D eigenvalue weighted by Crippen LogP contribution is 2.24. The molecule has 1 aromatic heterocycles. The van der Waals surface area contributed by atoms with E-state index < -0.39 is 0 Å². The van der Waals surface area contributed by atoms with Gasteiger partial charge in [-0.2, -0.15) is 0 Å². The summed E-state index contributed by atoms with van der Waals surface area (Å²) >= 11 is 1.67. The van der Waals surface area contributed by atoms with Crippen molar-refractivity contribution in [3.05, 3.63) is 16.1 Å². The van der Waals surface area contributed by atoms with Crippen molar-refractivity contribution in [1.29, 1.82) is 0 Å². The lowest BCUT2D eigenvalue weighted by Gasteiger charge is -2.25. The van der Waals surface area contributed by atoms with Crippen LogP contribution in [-0.2, 0) is 6.54 Å². The molecule has 1 fully saturated rings. The van der Waals surface area contributed by atoms with E-state index in [0.29, 0.717) is 12.5 Å². The van der Waals surface area contributed by atoms with E-state index in [9.17, 15) is 0 Å². The van der Waals surface area contributed by atoms with Gasteiger partial charge in [-0.25, -0.2) is 9.98 Å². The maximum absolute atomic E-state index is 5.77. The van der Waals surface area contributed by atoms with E-state index in [-0.39, 0.29) is 0 Å². The Hall–Kier alpha value is -1.10. The number of rotatable bonds is 4. The van der Waals surface area contributed by atoms with Crippen molar-refractivity contribution in [2.45, 2.75) is 32.7 Å². The lowest BCUT2D eigenvalue weighted by atomic mass is 9.85. The summed E-state index contributed by atoms with van der Waals surface area (Å²) in [5.41, 5.74) is 5.77. The Labute approximate surface area is 100.0 Å². The molecule has 1 heterocycles. The third-order valence-corrected chi connectivity index (χ3v) is 3.75. The SMILES string of the molecule is Cc1cnc(CN=C(N)NCC2CCC2)s1. The van der Waals surface area contributed by atoms with E-state index in [4.69, 9.17) is 5.73 Å². The summed E-state index contributed by atoms with van der Waals surface area (Å²) in [4.78, 5) is 9.72. The van der Waals surface area contributed by atoms with E-state index in [0.717, 1.165) is 17.5 Å². The summed E-state index contributed by atoms with van der Waals surface area (Å²) in [7, 11) is 0. The third-order valence-electron chi connectivity index (χ3n) is 2.85. The van der Waals surface area contributed by atoms with Gasteiger partial charge in [0.05, 0.1) is 6.54 Å². The van der Waals surface area contributed by atoms with Crippen LogP contribution in [0.2, 0.25) is 0 Å². The van der Waals surface area contributed by atoms with E-state index in [2.05, 4.69) is 15.3 Å². The number of nitrogens with one attached hydrogen (secondary N) is 1. The Balaban J connectivity index is 1.73. The van der Waals surface area contributed by atoms with Gasteiger partial charge in [0, 0.05) is 17.6 Å². The van der Waals surface area contributed by atoms with Gasteiger partial charge < -0.3 is 11.1 Å². The Kier molecular flexibility index (Phi) is 3.77. The molecule has 0 bridgehead atoms. The van der Waals surface area contributed by atoms with Gasteiger partial charge in [0.25, 0.3) is 0 Å². The molecule has 1 saturated carbocycles. The van der Waals surface area contributed by atoms with Crippen LogP contribution in [0.25, 0.3) is 0 Å². The van der Waals surface area contributed by atoms with Gasteiger partial charge >= 0.3 is 0 Å². The highest BCUT2D eigenvalue weighted by molar-refractivity contribution is 7.11. The number of aliphatic imine (C=N–C) groups is 1. The van der Waals surface area contributed by atoms with Gasteiger partial charge in [-0.1, -0.05) is 6.42 Å². The Morgan fingerprint density at radius 3 is 3.06 bits per heavy atom. The lowest BCUT2D eigenvalue weighted by Crippen LogP contribution is -2.37. The number of aryl methyl sites for hydroxylation is 1. The second-order valence-electron chi connectivity index (χ2n) is 4.24. The first kappa shape index (κ1) is 11.4. The predicted molar refractivity (Wildman–Crippen MR) is 67.5 cm³/mol. The highest BCUT2D eigenvalue weighted by Gasteiger charge is 2.16. The van der Waals surface area contributed by atoms with Gasteiger partial charge in [-0.15, -0.1) is 11.3 Å². The molecule has 5 heteroatoms. The number of nitrogens with two attached hydrogens (primary N) is 1. The van der Waals surface area contributed by atoms with E-state index in [1.54, 1.807) is 11.3 Å². The molecule has 0 spiro atoms. The fourth-order valence-electron chi connectivity index (χ4n) is 1.63. The number of guanidine groups is 1. The highest BCUT2D eigenvalue weighted by atomic mass is 32.1. The first-order valence-corrected chi connectivity index (χ1v) is 6.51. The van der Waals surface area contributed by atoms with Gasteiger partial charge in [-0.05, 0) is 25.7 Å². The first-order chi connectivity index (χ1) is 7.74. The molecule has 0 radical (unpaired) electrons. The second kappa shape index (κ2) is 5.30. The smallest absolute Gasteiger partial charge is 0.189 e. The standard InChI is InChI=1S/C11H18N4S/c1-8-5-13-10(16-8)7-15-11(12)14-6-9-3-2-4-9/h5,9H,2-4,6-7H2,1H3,(H3,12,14,15). The maximum atomic E-state index is 5.77. The van der Waals surface area contributed by atoms with Crippen molar-refractivity contribution < 1.29 is 0 Å². The van der Waals surface area contributed by atoms with Crippen LogP contribution < -0.4 is 11.1 Å². The second-order valence-corrected chi connectivity index (χ2v) is 5.56. The normalized spacial score (nSPS) is 17.2. The number of thiazole rings is 1. The van der Waals surface area contributed by atoms with Gasteiger partial charge in [0.1, 0.15) is 5.01 Å². The molecule has 0 aliphatic heterocycles. The minimum absolute atomic E-state index is 0.541.